The maximum absolute atomic E-state index is 13.5. The molecule has 0 aromatic heterocycles. The summed E-state index contributed by atoms with van der Waals surface area (Å²) in [4.78, 5) is 20.7. The van der Waals surface area contributed by atoms with Crippen LogP contribution in [-0.2, 0) is 11.2 Å². The van der Waals surface area contributed by atoms with E-state index in [0.29, 0.717) is 40.6 Å². The number of ether oxygens (including phenoxy) is 2. The summed E-state index contributed by atoms with van der Waals surface area (Å²) in [7, 11) is 1.63. The number of amides is 1. The number of benzene rings is 3. The summed E-state index contributed by atoms with van der Waals surface area (Å²) in [6.45, 7) is 7.43. The fourth-order valence-corrected chi connectivity index (χ4v) is 4.73. The molecule has 0 saturated carbocycles. The number of hydrogen-bond acceptors (Lipinski definition) is 5. The molecule has 0 radical (unpaired) electrons. The van der Waals surface area contributed by atoms with Gasteiger partial charge >= 0.3 is 0 Å². The van der Waals surface area contributed by atoms with Gasteiger partial charge in [0, 0.05) is 6.54 Å². The Bertz CT molecular complexity index is 1250. The second-order valence-corrected chi connectivity index (χ2v) is 10.2. The molecule has 0 N–H and O–H groups in total. The first-order valence-electron chi connectivity index (χ1n) is 12.1. The molecule has 36 heavy (non-hydrogen) atoms. The number of carbonyl (C=O) groups is 1. The molecule has 5 nitrogen and oxygen atoms in total. The number of rotatable bonds is 9. The molecule has 1 amide bonds. The standard InChI is InChI=1S/C30H32N2O3S/c1-21(2)20-35-26-15-12-24(18-27(26)34-4)19-28-29(33)32(17-16-23-8-6-5-7-9-23)30(36-28)31-25-13-10-22(3)11-14-25/h5-15,18-19,21H,16-17,20H2,1-4H3/b28-19+,31-30?. The number of methoxy groups -OCH3 is 1. The molecule has 1 fully saturated rings. The minimum atomic E-state index is -0.0408. The van der Waals surface area contributed by atoms with Crippen molar-refractivity contribution in [2.45, 2.75) is 27.2 Å². The Morgan fingerprint density at radius 1 is 1.00 bits per heavy atom. The predicted octanol–water partition coefficient (Wildman–Crippen LogP) is 6.89. The topological polar surface area (TPSA) is 51.1 Å². The van der Waals surface area contributed by atoms with Crippen molar-refractivity contribution in [1.29, 1.82) is 0 Å². The fraction of sp³-hybridized carbons (Fsp3) is 0.267. The van der Waals surface area contributed by atoms with Crippen LogP contribution >= 0.6 is 11.8 Å². The number of hydrogen-bond donors (Lipinski definition) is 0. The molecule has 0 atom stereocenters. The van der Waals surface area contributed by atoms with Gasteiger partial charge in [-0.15, -0.1) is 0 Å². The quantitative estimate of drug-likeness (QED) is 0.300. The second kappa shape index (κ2) is 12.0. The molecule has 3 aromatic carbocycles. The molecule has 1 aliphatic rings. The van der Waals surface area contributed by atoms with Crippen molar-refractivity contribution in [1.82, 2.24) is 4.90 Å². The number of carbonyl (C=O) groups excluding carboxylic acids is 1. The third kappa shape index (κ3) is 6.58. The van der Waals surface area contributed by atoms with Gasteiger partial charge in [-0.3, -0.25) is 9.69 Å². The van der Waals surface area contributed by atoms with Gasteiger partial charge in [0.15, 0.2) is 16.7 Å². The maximum atomic E-state index is 13.5. The number of thioether (sulfide) groups is 1. The van der Waals surface area contributed by atoms with Crippen molar-refractivity contribution >= 4 is 34.6 Å². The molecule has 1 aliphatic heterocycles. The summed E-state index contributed by atoms with van der Waals surface area (Å²) in [6.07, 6.45) is 2.65. The van der Waals surface area contributed by atoms with E-state index in [1.807, 2.05) is 73.7 Å². The van der Waals surface area contributed by atoms with E-state index in [1.165, 1.54) is 22.9 Å². The summed E-state index contributed by atoms with van der Waals surface area (Å²) in [5.74, 6) is 1.72. The van der Waals surface area contributed by atoms with E-state index >= 15 is 0 Å². The molecule has 1 saturated heterocycles. The SMILES string of the molecule is COc1cc(/C=C2/SC(=Nc3ccc(C)cc3)N(CCc3ccccc3)C2=O)ccc1OCC(C)C. The maximum Gasteiger partial charge on any atom is 0.266 e. The van der Waals surface area contributed by atoms with Gasteiger partial charge in [0.2, 0.25) is 0 Å². The third-order valence-electron chi connectivity index (χ3n) is 5.67. The molecule has 1 heterocycles. The summed E-state index contributed by atoms with van der Waals surface area (Å²) < 4.78 is 11.4. The molecule has 6 heteroatoms. The van der Waals surface area contributed by atoms with Gasteiger partial charge in [-0.2, -0.15) is 0 Å². The van der Waals surface area contributed by atoms with Gasteiger partial charge in [-0.25, -0.2) is 4.99 Å². The van der Waals surface area contributed by atoms with Crippen molar-refractivity contribution < 1.29 is 14.3 Å². The minimum Gasteiger partial charge on any atom is -0.493 e. The van der Waals surface area contributed by atoms with Crippen LogP contribution in [-0.4, -0.2) is 36.2 Å². The van der Waals surface area contributed by atoms with Crippen LogP contribution in [0.15, 0.2) is 82.7 Å². The van der Waals surface area contributed by atoms with E-state index in [1.54, 1.807) is 12.0 Å². The Morgan fingerprint density at radius 2 is 1.75 bits per heavy atom. The Balaban J connectivity index is 1.61. The van der Waals surface area contributed by atoms with Gasteiger partial charge in [0.1, 0.15) is 0 Å². The lowest BCUT2D eigenvalue weighted by Gasteiger charge is -2.15. The normalized spacial score (nSPS) is 15.8. The van der Waals surface area contributed by atoms with Gasteiger partial charge in [-0.05, 0) is 72.5 Å². The Morgan fingerprint density at radius 3 is 2.44 bits per heavy atom. The predicted molar refractivity (Wildman–Crippen MR) is 149 cm³/mol. The second-order valence-electron chi connectivity index (χ2n) is 9.15. The van der Waals surface area contributed by atoms with E-state index in [9.17, 15) is 4.79 Å². The van der Waals surface area contributed by atoms with Crippen molar-refractivity contribution in [2.24, 2.45) is 10.9 Å². The Kier molecular flexibility index (Phi) is 8.49. The number of nitrogens with zero attached hydrogens (tertiary/aromatic N) is 2. The first-order chi connectivity index (χ1) is 17.4. The summed E-state index contributed by atoms with van der Waals surface area (Å²) in [5, 5.41) is 0.690. The molecule has 4 rings (SSSR count). The van der Waals surface area contributed by atoms with Crippen LogP contribution in [0.25, 0.3) is 6.08 Å². The lowest BCUT2D eigenvalue weighted by Crippen LogP contribution is -2.31. The Hall–Kier alpha value is -3.51. The summed E-state index contributed by atoms with van der Waals surface area (Å²) >= 11 is 1.40. The lowest BCUT2D eigenvalue weighted by molar-refractivity contribution is -0.122. The van der Waals surface area contributed by atoms with E-state index in [2.05, 4.69) is 26.0 Å². The molecule has 3 aromatic rings. The lowest BCUT2D eigenvalue weighted by atomic mass is 10.1. The van der Waals surface area contributed by atoms with Crippen molar-refractivity contribution in [3.63, 3.8) is 0 Å². The van der Waals surface area contributed by atoms with Crippen molar-refractivity contribution in [3.8, 4) is 11.5 Å². The van der Waals surface area contributed by atoms with E-state index in [4.69, 9.17) is 14.5 Å². The summed E-state index contributed by atoms with van der Waals surface area (Å²) in [5.41, 5.74) is 4.06. The molecule has 186 valence electrons. The van der Waals surface area contributed by atoms with E-state index in [-0.39, 0.29) is 5.91 Å². The van der Waals surface area contributed by atoms with Crippen molar-refractivity contribution in [2.75, 3.05) is 20.3 Å². The van der Waals surface area contributed by atoms with E-state index < -0.39 is 0 Å². The molecular weight excluding hydrogens is 468 g/mol. The highest BCUT2D eigenvalue weighted by molar-refractivity contribution is 8.18. The van der Waals surface area contributed by atoms with Gasteiger partial charge in [0.05, 0.1) is 24.3 Å². The van der Waals surface area contributed by atoms with Crippen LogP contribution < -0.4 is 9.47 Å². The van der Waals surface area contributed by atoms with Crippen LogP contribution in [0, 0.1) is 12.8 Å². The van der Waals surface area contributed by atoms with Gasteiger partial charge in [0.25, 0.3) is 5.91 Å². The zero-order chi connectivity index (χ0) is 25.5. The largest absolute Gasteiger partial charge is 0.493 e. The van der Waals surface area contributed by atoms with Crippen molar-refractivity contribution in [3.05, 3.63) is 94.4 Å². The van der Waals surface area contributed by atoms with Crippen LogP contribution in [0.4, 0.5) is 5.69 Å². The third-order valence-corrected chi connectivity index (χ3v) is 6.68. The molecular formula is C30H32N2O3S. The molecule has 0 spiro atoms. The fourth-order valence-electron chi connectivity index (χ4n) is 3.70. The highest BCUT2D eigenvalue weighted by Crippen LogP contribution is 2.36. The summed E-state index contributed by atoms with van der Waals surface area (Å²) in [6, 6.07) is 24.0. The Labute approximate surface area is 217 Å². The number of aliphatic imine (C=N–C) groups is 1. The van der Waals surface area contributed by atoms with Gasteiger partial charge < -0.3 is 9.47 Å². The first-order valence-corrected chi connectivity index (χ1v) is 13.0. The zero-order valence-corrected chi connectivity index (χ0v) is 22.0. The van der Waals surface area contributed by atoms with Gasteiger partial charge in [-0.1, -0.05) is 67.9 Å². The minimum absolute atomic E-state index is 0.0408. The van der Waals surface area contributed by atoms with E-state index in [0.717, 1.165) is 17.7 Å². The first kappa shape index (κ1) is 25.6. The molecule has 0 unspecified atom stereocenters. The highest BCUT2D eigenvalue weighted by Gasteiger charge is 2.33. The van der Waals surface area contributed by atoms with Crippen LogP contribution in [0.1, 0.15) is 30.5 Å². The van der Waals surface area contributed by atoms with Crippen LogP contribution in [0.2, 0.25) is 0 Å². The zero-order valence-electron chi connectivity index (χ0n) is 21.2. The smallest absolute Gasteiger partial charge is 0.266 e. The number of aryl methyl sites for hydroxylation is 1. The van der Waals surface area contributed by atoms with Crippen LogP contribution in [0.3, 0.4) is 0 Å². The highest BCUT2D eigenvalue weighted by atomic mass is 32.2. The molecule has 0 bridgehead atoms. The average molecular weight is 501 g/mol. The molecule has 0 aliphatic carbocycles. The monoisotopic (exact) mass is 500 g/mol. The van der Waals surface area contributed by atoms with Crippen LogP contribution in [0.5, 0.6) is 11.5 Å². The number of amidine groups is 1. The average Bonchev–Trinajstić information content (AvgIpc) is 3.17.